The van der Waals surface area contributed by atoms with Crippen LogP contribution >= 0.6 is 0 Å². The van der Waals surface area contributed by atoms with Crippen molar-refractivity contribution in [2.75, 3.05) is 0 Å². The molecule has 2 rings (SSSR count). The monoisotopic (exact) mass is 270 g/mol. The summed E-state index contributed by atoms with van der Waals surface area (Å²) in [5.74, 6) is 0.187. The summed E-state index contributed by atoms with van der Waals surface area (Å²) in [5, 5.41) is 4.60. The van der Waals surface area contributed by atoms with Gasteiger partial charge in [-0.15, -0.1) is 0 Å². The highest BCUT2D eigenvalue weighted by atomic mass is 16.1. The summed E-state index contributed by atoms with van der Waals surface area (Å²) in [6.07, 6.45) is 1.62. The van der Waals surface area contributed by atoms with Crippen molar-refractivity contribution >= 4 is 5.78 Å². The van der Waals surface area contributed by atoms with Crippen molar-refractivity contribution < 1.29 is 4.79 Å². The molecule has 0 unspecified atom stereocenters. The van der Waals surface area contributed by atoms with Gasteiger partial charge < -0.3 is 0 Å². The number of aryl methyl sites for hydroxylation is 2. The first kappa shape index (κ1) is 14.5. The summed E-state index contributed by atoms with van der Waals surface area (Å²) in [4.78, 5) is 11.7. The Morgan fingerprint density at radius 3 is 2.35 bits per heavy atom. The highest BCUT2D eigenvalue weighted by Crippen LogP contribution is 2.27. The van der Waals surface area contributed by atoms with Gasteiger partial charge in [-0.25, -0.2) is 0 Å². The molecule has 0 spiro atoms. The zero-order valence-corrected chi connectivity index (χ0v) is 12.7. The van der Waals surface area contributed by atoms with Crippen molar-refractivity contribution in [2.24, 2.45) is 0 Å². The maximum absolute atomic E-state index is 11.7. The number of Topliss-reactive ketones (excluding diaryl/α,β-unsaturated/α-hetero) is 1. The molecule has 1 heterocycles. The topological polar surface area (TPSA) is 34.9 Å². The van der Waals surface area contributed by atoms with Crippen molar-refractivity contribution in [2.45, 2.75) is 47.1 Å². The first-order valence-corrected chi connectivity index (χ1v) is 7.26. The number of benzene rings is 1. The summed E-state index contributed by atoms with van der Waals surface area (Å²) in [6, 6.07) is 7.88. The van der Waals surface area contributed by atoms with E-state index >= 15 is 0 Å². The molecule has 0 radical (unpaired) electrons. The Labute approximate surface area is 120 Å². The largest absolute Gasteiger partial charge is 0.294 e. The summed E-state index contributed by atoms with van der Waals surface area (Å²) >= 11 is 0. The molecule has 106 valence electrons. The van der Waals surface area contributed by atoms with E-state index in [1.54, 1.807) is 0 Å². The summed E-state index contributed by atoms with van der Waals surface area (Å²) in [5.41, 5.74) is 5.35. The third-order valence-corrected chi connectivity index (χ3v) is 3.63. The van der Waals surface area contributed by atoms with E-state index in [1.807, 2.05) is 38.1 Å². The second-order valence-electron chi connectivity index (χ2n) is 5.12. The first-order chi connectivity index (χ1) is 9.58. The molecular weight excluding hydrogens is 248 g/mol. The van der Waals surface area contributed by atoms with E-state index < -0.39 is 0 Å². The Balaban J connectivity index is 2.39. The van der Waals surface area contributed by atoms with E-state index in [0.29, 0.717) is 6.42 Å². The van der Waals surface area contributed by atoms with Gasteiger partial charge in [0.2, 0.25) is 0 Å². The summed E-state index contributed by atoms with van der Waals surface area (Å²) < 4.78 is 2.07. The van der Waals surface area contributed by atoms with Crippen LogP contribution in [0.5, 0.6) is 0 Å². The fraction of sp³-hybridized carbons (Fsp3) is 0.412. The maximum atomic E-state index is 11.7. The Bertz CT molecular complexity index is 609. The van der Waals surface area contributed by atoms with Gasteiger partial charge in [-0.1, -0.05) is 38.1 Å². The third-order valence-electron chi connectivity index (χ3n) is 3.63. The summed E-state index contributed by atoms with van der Waals surface area (Å²) in [7, 11) is 0. The number of nitrogens with zero attached hydrogens (tertiary/aromatic N) is 2. The van der Waals surface area contributed by atoms with Gasteiger partial charge in [0, 0.05) is 29.8 Å². The fourth-order valence-electron chi connectivity index (χ4n) is 2.57. The molecule has 1 aromatic carbocycles. The van der Waals surface area contributed by atoms with Crippen LogP contribution in [0.15, 0.2) is 24.3 Å². The van der Waals surface area contributed by atoms with Gasteiger partial charge >= 0.3 is 0 Å². The van der Waals surface area contributed by atoms with Crippen LogP contribution in [0.4, 0.5) is 0 Å². The molecule has 0 atom stereocenters. The molecule has 0 aliphatic heterocycles. The van der Waals surface area contributed by atoms with Crippen LogP contribution in [-0.4, -0.2) is 15.6 Å². The Morgan fingerprint density at radius 2 is 1.80 bits per heavy atom. The van der Waals surface area contributed by atoms with Gasteiger partial charge in [0.05, 0.1) is 5.69 Å². The van der Waals surface area contributed by atoms with Gasteiger partial charge in [-0.3, -0.25) is 9.48 Å². The van der Waals surface area contributed by atoms with Crippen molar-refractivity contribution in [1.82, 2.24) is 9.78 Å². The van der Waals surface area contributed by atoms with Crippen LogP contribution in [0.25, 0.3) is 11.1 Å². The molecule has 3 nitrogen and oxygen atoms in total. The first-order valence-electron chi connectivity index (χ1n) is 7.26. The number of rotatable bonds is 5. The lowest BCUT2D eigenvalue weighted by molar-refractivity contribution is 0.0988. The predicted molar refractivity (Wildman–Crippen MR) is 82.0 cm³/mol. The maximum Gasteiger partial charge on any atom is 0.162 e. The molecule has 0 aliphatic carbocycles. The third kappa shape index (κ3) is 2.67. The van der Waals surface area contributed by atoms with E-state index in [1.165, 1.54) is 11.3 Å². The predicted octanol–water partition coefficient (Wildman–Crippen LogP) is 4.17. The number of hydrogen-bond acceptors (Lipinski definition) is 2. The summed E-state index contributed by atoms with van der Waals surface area (Å²) in [6.45, 7) is 9.13. The number of hydrogen-bond donors (Lipinski definition) is 0. The Morgan fingerprint density at radius 1 is 1.15 bits per heavy atom. The van der Waals surface area contributed by atoms with Crippen LogP contribution in [-0.2, 0) is 6.54 Å². The average molecular weight is 270 g/mol. The molecule has 0 N–H and O–H groups in total. The highest BCUT2D eigenvalue weighted by molar-refractivity contribution is 5.96. The molecule has 20 heavy (non-hydrogen) atoms. The second kappa shape index (κ2) is 6.04. The second-order valence-corrected chi connectivity index (χ2v) is 5.12. The standard InChI is InChI=1S/C17H22N2O/c1-5-11-19-13(4)17(12(3)18-19)15-9-7-14(8-10-15)16(20)6-2/h7-10H,5-6,11H2,1-4H3. The van der Waals surface area contributed by atoms with Crippen LogP contribution in [0.3, 0.4) is 0 Å². The van der Waals surface area contributed by atoms with Crippen LogP contribution in [0.2, 0.25) is 0 Å². The van der Waals surface area contributed by atoms with Gasteiger partial charge in [0.1, 0.15) is 0 Å². The SMILES string of the molecule is CCCn1nc(C)c(-c2ccc(C(=O)CC)cc2)c1C. The van der Waals surface area contributed by atoms with Crippen LogP contribution < -0.4 is 0 Å². The van der Waals surface area contributed by atoms with Crippen molar-refractivity contribution in [3.05, 3.63) is 41.2 Å². The molecule has 0 bridgehead atoms. The zero-order valence-electron chi connectivity index (χ0n) is 12.7. The lowest BCUT2D eigenvalue weighted by atomic mass is 10.0. The van der Waals surface area contributed by atoms with Crippen molar-refractivity contribution in [3.63, 3.8) is 0 Å². The molecule has 0 saturated carbocycles. The van der Waals surface area contributed by atoms with Gasteiger partial charge in [0.15, 0.2) is 5.78 Å². The normalized spacial score (nSPS) is 10.8. The van der Waals surface area contributed by atoms with Gasteiger partial charge in [-0.2, -0.15) is 5.10 Å². The minimum absolute atomic E-state index is 0.187. The molecule has 0 fully saturated rings. The number of carbonyl (C=O) groups excluding carboxylic acids is 1. The highest BCUT2D eigenvalue weighted by Gasteiger charge is 2.13. The van der Waals surface area contributed by atoms with E-state index in [2.05, 4.69) is 23.6 Å². The Kier molecular flexibility index (Phi) is 4.38. The number of ketones is 1. The molecule has 0 amide bonds. The molecule has 2 aromatic rings. The van der Waals surface area contributed by atoms with E-state index in [9.17, 15) is 4.79 Å². The lowest BCUT2D eigenvalue weighted by Gasteiger charge is -2.05. The molecule has 0 saturated heterocycles. The van der Waals surface area contributed by atoms with Gasteiger partial charge in [-0.05, 0) is 25.8 Å². The fourth-order valence-corrected chi connectivity index (χ4v) is 2.57. The smallest absolute Gasteiger partial charge is 0.162 e. The van der Waals surface area contributed by atoms with E-state index in [0.717, 1.165) is 29.8 Å². The van der Waals surface area contributed by atoms with E-state index in [-0.39, 0.29) is 5.78 Å². The number of carbonyl (C=O) groups is 1. The number of aromatic nitrogens is 2. The molecular formula is C17H22N2O. The van der Waals surface area contributed by atoms with Gasteiger partial charge in [0.25, 0.3) is 0 Å². The van der Waals surface area contributed by atoms with E-state index in [4.69, 9.17) is 0 Å². The quantitative estimate of drug-likeness (QED) is 0.764. The molecule has 1 aromatic heterocycles. The zero-order chi connectivity index (χ0) is 14.7. The van der Waals surface area contributed by atoms with Crippen LogP contribution in [0.1, 0.15) is 48.4 Å². The molecule has 0 aliphatic rings. The average Bonchev–Trinajstić information content (AvgIpc) is 2.73. The molecule has 3 heteroatoms. The van der Waals surface area contributed by atoms with Crippen LogP contribution in [0, 0.1) is 13.8 Å². The minimum atomic E-state index is 0.187. The van der Waals surface area contributed by atoms with Crippen molar-refractivity contribution in [1.29, 1.82) is 0 Å². The minimum Gasteiger partial charge on any atom is -0.294 e. The lowest BCUT2D eigenvalue weighted by Crippen LogP contribution is -2.01. The Hall–Kier alpha value is -1.90. The van der Waals surface area contributed by atoms with Crippen molar-refractivity contribution in [3.8, 4) is 11.1 Å².